The number of thiophene rings is 3. The van der Waals surface area contributed by atoms with Gasteiger partial charge in [0.05, 0.1) is 34.9 Å². The first-order valence-corrected chi connectivity index (χ1v) is 24.3. The molecule has 1 unspecified atom stereocenters. The maximum absolute atomic E-state index is 10.1. The van der Waals surface area contributed by atoms with Gasteiger partial charge in [0.15, 0.2) is 23.3 Å². The van der Waals surface area contributed by atoms with Crippen molar-refractivity contribution in [3.63, 3.8) is 0 Å². The Morgan fingerprint density at radius 2 is 1.43 bits per heavy atom. The Kier molecular flexibility index (Phi) is 26.7. The Hall–Kier alpha value is -8.43. The van der Waals surface area contributed by atoms with Crippen LogP contribution in [0, 0.1) is 0 Å². The number of allylic oxidation sites excluding steroid dienone is 1. The number of hydrogen-bond donors (Lipinski definition) is 11. The van der Waals surface area contributed by atoms with Crippen molar-refractivity contribution in [3.8, 4) is 0 Å². The van der Waals surface area contributed by atoms with Gasteiger partial charge in [-0.3, -0.25) is 20.7 Å². The molecule has 0 radical (unpaired) electrons. The molecule has 1 aliphatic heterocycles. The van der Waals surface area contributed by atoms with Crippen molar-refractivity contribution in [2.24, 2.45) is 16.6 Å². The number of nitrogens with one attached hydrogen (secondary N) is 2. The lowest BCUT2D eigenvalue weighted by molar-refractivity contribution is 0.0688. The van der Waals surface area contributed by atoms with E-state index in [0.717, 1.165) is 32.7 Å². The monoisotopic (exact) mass is 1050 g/mol. The summed E-state index contributed by atoms with van der Waals surface area (Å²) in [5.41, 5.74) is 31.7. The summed E-state index contributed by atoms with van der Waals surface area (Å²) in [4.78, 5) is 54.2. The summed E-state index contributed by atoms with van der Waals surface area (Å²) in [6, 6.07) is 28.5. The standard InChI is InChI=1S/C9H7N.C7H7N3.C6H12N4.2C5H4O2S.C5H6OS.C4H5N3.C3H5N3.C3H4N2S/c1-2-6-9-8(4-1)5-3-7-10-9;8-7-9-5-3-1-2-4-6(5)10-7;1-4-3-10(8)6(7)9-5(4)2;6-5(7)4-1-2-8-3-4;6-5(7)4-2-1-3-8-4;6-4-5-2-1-3-7-5;5-4-3-6-1-2-7-4;2*4-3-5-1-2-6-3/h1-7H;1-4H,(H3,8,9,10);3,6H,7-8H2,1-2H3;2*1-3H,(H,6,7);1-3,6H,4H2;1-3H,(H2,5,7);1-2H,(H3,4,5,6);1-2H,(H2,4,5). The van der Waals surface area contributed by atoms with Gasteiger partial charge in [0, 0.05) is 70.1 Å². The van der Waals surface area contributed by atoms with Crippen molar-refractivity contribution >= 4 is 108 Å². The first-order chi connectivity index (χ1) is 34.7. The number of aliphatic hydroxyl groups is 1. The van der Waals surface area contributed by atoms with Gasteiger partial charge in [0.2, 0.25) is 0 Å². The third kappa shape index (κ3) is 23.7. The van der Waals surface area contributed by atoms with Crippen molar-refractivity contribution < 1.29 is 24.9 Å². The minimum Gasteiger partial charge on any atom is -0.478 e. The van der Waals surface area contributed by atoms with Crippen molar-refractivity contribution in [3.05, 3.63) is 188 Å². The van der Waals surface area contributed by atoms with Crippen LogP contribution in [0.2, 0.25) is 0 Å². The smallest absolute Gasteiger partial charge is 0.345 e. The van der Waals surface area contributed by atoms with Gasteiger partial charge in [-0.05, 0) is 78.0 Å². The lowest BCUT2D eigenvalue weighted by Gasteiger charge is -2.24. The van der Waals surface area contributed by atoms with E-state index in [9.17, 15) is 9.59 Å². The number of benzene rings is 2. The lowest BCUT2D eigenvalue weighted by Crippen LogP contribution is -2.44. The van der Waals surface area contributed by atoms with Crippen LogP contribution in [0.4, 0.5) is 22.8 Å². The number of aliphatic imine (C=N–C) groups is 1. The fourth-order valence-corrected chi connectivity index (χ4v) is 6.90. The zero-order valence-electron chi connectivity index (χ0n) is 38.8. The van der Waals surface area contributed by atoms with Crippen LogP contribution in [-0.2, 0) is 6.61 Å². The summed E-state index contributed by atoms with van der Waals surface area (Å²) in [7, 11) is 0. The average Bonchev–Trinajstić information content (AvgIpc) is 4.24. The van der Waals surface area contributed by atoms with Crippen LogP contribution < -0.4 is 34.5 Å². The van der Waals surface area contributed by atoms with Gasteiger partial charge < -0.3 is 48.2 Å². The van der Waals surface area contributed by atoms with Crippen molar-refractivity contribution in [1.29, 1.82) is 0 Å². The molecule has 0 amide bonds. The number of aromatic amines is 2. The van der Waals surface area contributed by atoms with Gasteiger partial charge in [0.25, 0.3) is 0 Å². The highest BCUT2D eigenvalue weighted by atomic mass is 32.1. The fourth-order valence-electron chi connectivity index (χ4n) is 4.76. The Morgan fingerprint density at radius 3 is 1.86 bits per heavy atom. The van der Waals surface area contributed by atoms with E-state index >= 15 is 0 Å². The highest BCUT2D eigenvalue weighted by molar-refractivity contribution is 7.13. The molecule has 1 atom stereocenters. The zero-order chi connectivity index (χ0) is 52.5. The van der Waals surface area contributed by atoms with E-state index in [0.29, 0.717) is 33.3 Å². The number of hydrazine groups is 1. The number of nitrogens with two attached hydrogens (primary N) is 6. The first-order valence-electron chi connectivity index (χ1n) is 20.7. The van der Waals surface area contributed by atoms with E-state index in [4.69, 9.17) is 49.8 Å². The van der Waals surface area contributed by atoms with Crippen molar-refractivity contribution in [1.82, 2.24) is 44.9 Å². The number of carboxylic acid groups (broad SMARTS) is 2. The molecule has 25 heteroatoms. The number of carbonyl (C=O) groups is 2. The fraction of sp³-hybridized carbons (Fsp3) is 0.0851. The second-order valence-corrected chi connectivity index (χ2v) is 17.2. The average molecular weight is 1050 g/mol. The molecule has 0 fully saturated rings. The highest BCUT2D eigenvalue weighted by Gasteiger charge is 2.11. The number of H-pyrrole nitrogens is 2. The number of hydrogen-bond acceptors (Lipinski definition) is 21. The summed E-state index contributed by atoms with van der Waals surface area (Å²) in [5.74, 6) is 5.15. The number of nitrogens with zero attached hydrogens (tertiary/aromatic N) is 8. The van der Waals surface area contributed by atoms with Crippen LogP contribution in [0.1, 0.15) is 38.8 Å². The molecule has 1 aliphatic rings. The first kappa shape index (κ1) is 57.9. The summed E-state index contributed by atoms with van der Waals surface area (Å²) in [5, 5.41) is 37.1. The second-order valence-electron chi connectivity index (χ2n) is 13.5. The van der Waals surface area contributed by atoms with Crippen molar-refractivity contribution in [2.45, 2.75) is 26.7 Å². The molecule has 9 heterocycles. The molecule has 376 valence electrons. The van der Waals surface area contributed by atoms with E-state index in [2.05, 4.69) is 57.0 Å². The number of aliphatic hydroxyl groups excluding tert-OH is 1. The Balaban J connectivity index is 0.000000215. The highest BCUT2D eigenvalue weighted by Crippen LogP contribution is 2.12. The largest absolute Gasteiger partial charge is 0.478 e. The molecule has 0 aliphatic carbocycles. The van der Waals surface area contributed by atoms with Gasteiger partial charge in [-0.2, -0.15) is 11.3 Å². The van der Waals surface area contributed by atoms with E-state index in [-0.39, 0.29) is 6.61 Å². The molecule has 8 aromatic heterocycles. The van der Waals surface area contributed by atoms with E-state index in [1.807, 2.05) is 91.5 Å². The van der Waals surface area contributed by atoms with Crippen LogP contribution in [0.5, 0.6) is 0 Å². The zero-order valence-corrected chi connectivity index (χ0v) is 42.0. The van der Waals surface area contributed by atoms with Gasteiger partial charge >= 0.3 is 11.9 Å². The number of nitrogen functional groups attached to an aromatic ring is 4. The van der Waals surface area contributed by atoms with E-state index < -0.39 is 18.2 Å². The number of pyridine rings is 1. The third-order valence-electron chi connectivity index (χ3n) is 8.25. The van der Waals surface area contributed by atoms with Crippen LogP contribution in [-0.4, -0.2) is 84.1 Å². The molecule has 10 aromatic rings. The van der Waals surface area contributed by atoms with Crippen LogP contribution in [0.3, 0.4) is 0 Å². The second kappa shape index (κ2) is 33.2. The molecule has 0 spiro atoms. The number of thiazole rings is 1. The SMILES string of the molecule is CC1=CN(N)C(N)N=C1C.Nc1cnccn1.Nc1nc2ccccc2[nH]1.Nc1ncc[nH]1.Nc1nccs1.O=C(O)c1cccs1.O=C(O)c1ccsc1.OCc1cccs1.c1ccc2ncccc2c1. The summed E-state index contributed by atoms with van der Waals surface area (Å²) < 4.78 is 0. The Labute approximate surface area is 429 Å². The molecule has 0 saturated heterocycles. The third-order valence-corrected chi connectivity index (χ3v) is 11.3. The molecular weight excluding hydrogens is 997 g/mol. The number of fused-ring (bicyclic) bond motifs is 2. The van der Waals surface area contributed by atoms with Gasteiger partial charge in [-0.25, -0.2) is 40.4 Å². The lowest BCUT2D eigenvalue weighted by atomic mass is 10.2. The predicted molar refractivity (Wildman–Crippen MR) is 292 cm³/mol. The summed E-state index contributed by atoms with van der Waals surface area (Å²) in [6.07, 6.45) is 12.8. The molecule has 17 N–H and O–H groups in total. The number of rotatable bonds is 3. The number of aromatic carboxylic acids is 2. The van der Waals surface area contributed by atoms with Crippen LogP contribution >= 0.6 is 45.3 Å². The predicted octanol–water partition coefficient (Wildman–Crippen LogP) is 8.07. The molecular formula is C47H54N16O5S4. The summed E-state index contributed by atoms with van der Waals surface area (Å²) in [6.45, 7) is 4.04. The number of anilines is 4. The number of para-hydroxylation sites is 3. The molecule has 0 saturated carbocycles. The Bertz CT molecular complexity index is 2830. The molecule has 72 heavy (non-hydrogen) atoms. The van der Waals surface area contributed by atoms with Crippen LogP contribution in [0.25, 0.3) is 21.9 Å². The molecule has 0 bridgehead atoms. The molecule has 11 rings (SSSR count). The van der Waals surface area contributed by atoms with Gasteiger partial charge in [-0.15, -0.1) is 34.0 Å². The van der Waals surface area contributed by atoms with E-state index in [1.54, 1.807) is 82.9 Å². The minimum atomic E-state index is -0.855. The summed E-state index contributed by atoms with van der Waals surface area (Å²) >= 11 is 5.64. The minimum absolute atomic E-state index is 0.178. The molecule has 2 aromatic carbocycles. The Morgan fingerprint density at radius 1 is 0.708 bits per heavy atom. The van der Waals surface area contributed by atoms with Gasteiger partial charge in [0.1, 0.15) is 10.7 Å². The maximum Gasteiger partial charge on any atom is 0.345 e. The molecule has 21 nitrogen and oxygen atoms in total. The maximum atomic E-state index is 10.1. The number of aromatic nitrogens is 8. The van der Waals surface area contributed by atoms with Gasteiger partial charge in [-0.1, -0.05) is 48.5 Å². The van der Waals surface area contributed by atoms with E-state index in [1.165, 1.54) is 50.6 Å². The number of carboxylic acids is 2. The quantitative estimate of drug-likeness (QED) is 0.0745. The van der Waals surface area contributed by atoms with Crippen molar-refractivity contribution in [2.75, 3.05) is 22.9 Å². The topological polar surface area (TPSA) is 375 Å². The number of imidazole rings is 2. The normalized spacial score (nSPS) is 11.6. The van der Waals surface area contributed by atoms with Crippen LogP contribution in [0.15, 0.2) is 178 Å².